The molecule has 0 radical (unpaired) electrons. The van der Waals surface area contributed by atoms with Gasteiger partial charge in [-0.25, -0.2) is 4.79 Å². The van der Waals surface area contributed by atoms with Gasteiger partial charge in [0, 0.05) is 25.4 Å². The van der Waals surface area contributed by atoms with Gasteiger partial charge in [0.25, 0.3) is 0 Å². The largest absolute Gasteiger partial charge is 0.416 e. The fraction of sp³-hybridized carbons (Fsp3) is 0.440. The number of rotatable bonds is 3. The monoisotopic (exact) mass is 459 g/mol. The Bertz CT molecular complexity index is 1100. The van der Waals surface area contributed by atoms with Gasteiger partial charge in [0.2, 0.25) is 5.91 Å². The summed E-state index contributed by atoms with van der Waals surface area (Å²) in [5.41, 5.74) is 6.69. The van der Waals surface area contributed by atoms with Crippen LogP contribution >= 0.6 is 0 Å². The second-order valence-electron chi connectivity index (χ2n) is 9.12. The second kappa shape index (κ2) is 8.08. The lowest BCUT2D eigenvalue weighted by Gasteiger charge is -2.57. The molecule has 4 rings (SSSR count). The molecule has 0 bridgehead atoms. The predicted octanol–water partition coefficient (Wildman–Crippen LogP) is 4.71. The molecule has 2 N–H and O–H groups in total. The standard InChI is InChI=1S/C25H28F3N3O2/c1-15-12-18(14-19(13-15)25(26,27)28)17(3)24(20-7-5-4-6-16(20)2)21-8-9-22(32)30(21)10-11-31(24)23(29)33/h4-7,12-14,17,21H,8-11H2,1-3H3,(H2,29,33)/t17-,21?,24?/m1/s1. The molecule has 8 heteroatoms. The van der Waals surface area contributed by atoms with Gasteiger partial charge in [0.1, 0.15) is 0 Å². The molecule has 2 unspecified atom stereocenters. The lowest BCUT2D eigenvalue weighted by Crippen LogP contribution is -2.69. The van der Waals surface area contributed by atoms with Crippen LogP contribution < -0.4 is 5.73 Å². The van der Waals surface area contributed by atoms with Crippen LogP contribution in [0.4, 0.5) is 18.0 Å². The van der Waals surface area contributed by atoms with Crippen LogP contribution in [-0.4, -0.2) is 40.9 Å². The maximum absolute atomic E-state index is 13.7. The third-order valence-corrected chi connectivity index (χ3v) is 7.28. The molecule has 176 valence electrons. The molecule has 0 aliphatic carbocycles. The van der Waals surface area contributed by atoms with Crippen LogP contribution in [-0.2, 0) is 16.5 Å². The fourth-order valence-corrected chi connectivity index (χ4v) is 5.92. The van der Waals surface area contributed by atoms with Crippen LogP contribution in [0.15, 0.2) is 42.5 Å². The third-order valence-electron chi connectivity index (χ3n) is 7.28. The summed E-state index contributed by atoms with van der Waals surface area (Å²) in [6.45, 7) is 5.95. The molecule has 0 aromatic heterocycles. The van der Waals surface area contributed by atoms with Gasteiger partial charge in [0.15, 0.2) is 0 Å². The molecule has 2 saturated heterocycles. The van der Waals surface area contributed by atoms with Crippen molar-refractivity contribution < 1.29 is 22.8 Å². The minimum absolute atomic E-state index is 0.00509. The van der Waals surface area contributed by atoms with Crippen LogP contribution in [0, 0.1) is 13.8 Å². The van der Waals surface area contributed by atoms with Crippen molar-refractivity contribution in [2.24, 2.45) is 5.73 Å². The Morgan fingerprint density at radius 3 is 2.48 bits per heavy atom. The molecular formula is C25H28F3N3O2. The summed E-state index contributed by atoms with van der Waals surface area (Å²) in [6, 6.07) is 10.5. The number of carbonyl (C=O) groups excluding carboxylic acids is 2. The lowest BCUT2D eigenvalue weighted by molar-refractivity contribution is -0.137. The number of fused-ring (bicyclic) bond motifs is 1. The molecule has 2 aromatic rings. The highest BCUT2D eigenvalue weighted by atomic mass is 19.4. The predicted molar refractivity (Wildman–Crippen MR) is 118 cm³/mol. The number of hydrogen-bond donors (Lipinski definition) is 1. The molecule has 3 atom stereocenters. The number of halogens is 3. The average Bonchev–Trinajstić information content (AvgIpc) is 3.13. The number of benzene rings is 2. The smallest absolute Gasteiger partial charge is 0.351 e. The summed E-state index contributed by atoms with van der Waals surface area (Å²) in [5, 5.41) is 0. The zero-order valence-corrected chi connectivity index (χ0v) is 18.9. The van der Waals surface area contributed by atoms with Crippen molar-refractivity contribution in [3.63, 3.8) is 0 Å². The van der Waals surface area contributed by atoms with Crippen LogP contribution in [0.2, 0.25) is 0 Å². The number of nitrogens with two attached hydrogens (primary N) is 1. The maximum atomic E-state index is 13.7. The van der Waals surface area contributed by atoms with Crippen molar-refractivity contribution in [3.8, 4) is 0 Å². The first-order valence-electron chi connectivity index (χ1n) is 11.1. The number of hydrogen-bond acceptors (Lipinski definition) is 2. The number of piperazine rings is 1. The molecule has 5 nitrogen and oxygen atoms in total. The van der Waals surface area contributed by atoms with Crippen molar-refractivity contribution in [3.05, 3.63) is 70.3 Å². The van der Waals surface area contributed by atoms with E-state index in [1.54, 1.807) is 22.8 Å². The Labute approximate surface area is 191 Å². The zero-order chi connectivity index (χ0) is 24.1. The van der Waals surface area contributed by atoms with Crippen LogP contribution in [0.5, 0.6) is 0 Å². The van der Waals surface area contributed by atoms with Crippen molar-refractivity contribution in [2.75, 3.05) is 13.1 Å². The second-order valence-corrected chi connectivity index (χ2v) is 9.12. The first kappa shape index (κ1) is 23.1. The van der Waals surface area contributed by atoms with Gasteiger partial charge in [0.05, 0.1) is 17.1 Å². The number of aryl methyl sites for hydroxylation is 2. The number of urea groups is 1. The topological polar surface area (TPSA) is 66.6 Å². The Morgan fingerprint density at radius 1 is 1.15 bits per heavy atom. The molecule has 2 aliphatic heterocycles. The average molecular weight is 460 g/mol. The lowest BCUT2D eigenvalue weighted by atomic mass is 9.66. The highest BCUT2D eigenvalue weighted by Crippen LogP contribution is 2.52. The first-order chi connectivity index (χ1) is 15.5. The van der Waals surface area contributed by atoms with E-state index in [2.05, 4.69) is 0 Å². The highest BCUT2D eigenvalue weighted by molar-refractivity contribution is 5.81. The number of carbonyl (C=O) groups is 2. The number of primary amides is 1. The van der Waals surface area contributed by atoms with Gasteiger partial charge in [-0.3, -0.25) is 4.79 Å². The Morgan fingerprint density at radius 2 is 1.85 bits per heavy atom. The van der Waals surface area contributed by atoms with E-state index in [1.165, 1.54) is 0 Å². The van der Waals surface area contributed by atoms with E-state index >= 15 is 0 Å². The Balaban J connectivity index is 2.02. The molecule has 0 spiro atoms. The van der Waals surface area contributed by atoms with Crippen molar-refractivity contribution in [1.29, 1.82) is 0 Å². The Kier molecular flexibility index (Phi) is 5.66. The van der Waals surface area contributed by atoms with Gasteiger partial charge in [-0.1, -0.05) is 42.8 Å². The highest BCUT2D eigenvalue weighted by Gasteiger charge is 2.59. The molecule has 2 aromatic carbocycles. The molecule has 0 saturated carbocycles. The molecule has 2 fully saturated rings. The van der Waals surface area contributed by atoms with Crippen molar-refractivity contribution in [1.82, 2.24) is 9.80 Å². The number of nitrogens with zero attached hydrogens (tertiary/aromatic N) is 2. The van der Waals surface area contributed by atoms with E-state index in [-0.39, 0.29) is 12.5 Å². The van der Waals surface area contributed by atoms with E-state index in [0.717, 1.165) is 23.3 Å². The summed E-state index contributed by atoms with van der Waals surface area (Å²) in [4.78, 5) is 28.9. The third kappa shape index (κ3) is 3.65. The minimum Gasteiger partial charge on any atom is -0.351 e. The van der Waals surface area contributed by atoms with Gasteiger partial charge in [-0.05, 0) is 49.1 Å². The maximum Gasteiger partial charge on any atom is 0.416 e. The normalized spacial score (nSPS) is 24.1. The van der Waals surface area contributed by atoms with Gasteiger partial charge < -0.3 is 15.5 Å². The van der Waals surface area contributed by atoms with E-state index in [1.807, 2.05) is 38.1 Å². The first-order valence-corrected chi connectivity index (χ1v) is 11.1. The van der Waals surface area contributed by atoms with Gasteiger partial charge in [-0.15, -0.1) is 0 Å². The SMILES string of the molecule is Cc1cc([C@@H](C)C2(c3ccccc3C)C3CCC(=O)N3CCN2C(N)=O)cc(C(F)(F)F)c1. The van der Waals surface area contributed by atoms with Gasteiger partial charge in [-0.2, -0.15) is 13.2 Å². The minimum atomic E-state index is -4.50. The summed E-state index contributed by atoms with van der Waals surface area (Å²) >= 11 is 0. The number of alkyl halides is 3. The van der Waals surface area contributed by atoms with E-state index in [4.69, 9.17) is 5.73 Å². The molecule has 2 aliphatic rings. The van der Waals surface area contributed by atoms with Crippen molar-refractivity contribution >= 4 is 11.9 Å². The zero-order valence-electron chi connectivity index (χ0n) is 18.9. The summed E-state index contributed by atoms with van der Waals surface area (Å²) in [5.74, 6) is -0.569. The van der Waals surface area contributed by atoms with Crippen LogP contribution in [0.3, 0.4) is 0 Å². The fourth-order valence-electron chi connectivity index (χ4n) is 5.92. The quantitative estimate of drug-likeness (QED) is 0.723. The van der Waals surface area contributed by atoms with Crippen LogP contribution in [0.1, 0.15) is 53.5 Å². The summed E-state index contributed by atoms with van der Waals surface area (Å²) in [7, 11) is 0. The van der Waals surface area contributed by atoms with Crippen LogP contribution in [0.25, 0.3) is 0 Å². The van der Waals surface area contributed by atoms with E-state index in [0.29, 0.717) is 30.5 Å². The van der Waals surface area contributed by atoms with Gasteiger partial charge >= 0.3 is 12.2 Å². The summed E-state index contributed by atoms with van der Waals surface area (Å²) in [6.07, 6.45) is -3.67. The molecular weight excluding hydrogens is 431 g/mol. The summed E-state index contributed by atoms with van der Waals surface area (Å²) < 4.78 is 41.0. The molecule has 3 amide bonds. The molecule has 2 heterocycles. The number of amides is 3. The van der Waals surface area contributed by atoms with E-state index in [9.17, 15) is 22.8 Å². The van der Waals surface area contributed by atoms with E-state index < -0.39 is 35.3 Å². The Hall–Kier alpha value is -3.03. The molecule has 33 heavy (non-hydrogen) atoms. The van der Waals surface area contributed by atoms with Crippen molar-refractivity contribution in [2.45, 2.75) is 57.3 Å².